The number of aliphatic carboxylic acids is 1. The van der Waals surface area contributed by atoms with E-state index in [1.54, 1.807) is 0 Å². The first-order valence-electron chi connectivity index (χ1n) is 7.12. The van der Waals surface area contributed by atoms with E-state index in [0.29, 0.717) is 5.92 Å². The zero-order valence-electron chi connectivity index (χ0n) is 11.9. The number of rotatable bonds is 6. The molecule has 0 aromatic heterocycles. The van der Waals surface area contributed by atoms with Gasteiger partial charge in [-0.1, -0.05) is 6.42 Å². The molecule has 0 radical (unpaired) electrons. The lowest BCUT2D eigenvalue weighted by molar-refractivity contribution is -0.149. The van der Waals surface area contributed by atoms with Crippen LogP contribution in [0.2, 0.25) is 0 Å². The quantitative estimate of drug-likeness (QED) is 0.764. The molecule has 0 aromatic rings. The lowest BCUT2D eigenvalue weighted by Crippen LogP contribution is -2.36. The van der Waals surface area contributed by atoms with Gasteiger partial charge < -0.3 is 14.7 Å². The second-order valence-corrected chi connectivity index (χ2v) is 6.06. The molecule has 5 heteroatoms. The molecule has 1 aliphatic carbocycles. The van der Waals surface area contributed by atoms with Gasteiger partial charge in [-0.15, -0.1) is 12.4 Å². The second kappa shape index (κ2) is 6.91. The number of halogens is 1. The molecule has 4 nitrogen and oxygen atoms in total. The first-order chi connectivity index (χ1) is 8.54. The third-order valence-electron chi connectivity index (χ3n) is 4.44. The van der Waals surface area contributed by atoms with Gasteiger partial charge in [-0.2, -0.15) is 0 Å². The van der Waals surface area contributed by atoms with Crippen molar-refractivity contribution in [1.82, 2.24) is 4.90 Å². The number of fused-ring (bicyclic) bond motifs is 1. The molecule has 2 aliphatic rings. The number of carboxylic acid groups (broad SMARTS) is 1. The first-order valence-corrected chi connectivity index (χ1v) is 7.12. The average Bonchev–Trinajstić information content (AvgIpc) is 2.80. The molecule has 0 bridgehead atoms. The number of hydrogen-bond donors (Lipinski definition) is 1. The molecule has 0 spiro atoms. The van der Waals surface area contributed by atoms with Gasteiger partial charge in [0.25, 0.3) is 0 Å². The van der Waals surface area contributed by atoms with Gasteiger partial charge in [0, 0.05) is 26.2 Å². The summed E-state index contributed by atoms with van der Waals surface area (Å²) in [5.74, 6) is -0.202. The number of carboxylic acids is 1. The van der Waals surface area contributed by atoms with Crippen molar-refractivity contribution in [3.05, 3.63) is 0 Å². The molecule has 112 valence electrons. The van der Waals surface area contributed by atoms with Crippen LogP contribution in [0.25, 0.3) is 0 Å². The Hall–Kier alpha value is -0.320. The van der Waals surface area contributed by atoms with Crippen molar-refractivity contribution in [3.8, 4) is 0 Å². The van der Waals surface area contributed by atoms with Crippen LogP contribution in [0.4, 0.5) is 0 Å². The van der Waals surface area contributed by atoms with Gasteiger partial charge in [0.2, 0.25) is 0 Å². The number of ether oxygens (including phenoxy) is 1. The Bertz CT molecular complexity index is 311. The molecule has 1 heterocycles. The van der Waals surface area contributed by atoms with Crippen LogP contribution in [0, 0.1) is 11.3 Å². The lowest BCUT2D eigenvalue weighted by Gasteiger charge is -2.23. The Kier molecular flexibility index (Phi) is 6.09. The molecule has 2 fully saturated rings. The molecule has 1 saturated heterocycles. The SMILES string of the molecule is CC(C)OCCCN1C[C@@H]2CCC[C@@]2(C(=O)O)C1.Cl. The van der Waals surface area contributed by atoms with Crippen molar-refractivity contribution in [1.29, 1.82) is 0 Å². The molecule has 2 atom stereocenters. The maximum absolute atomic E-state index is 11.5. The molecule has 1 aliphatic heterocycles. The average molecular weight is 292 g/mol. The summed E-state index contributed by atoms with van der Waals surface area (Å²) in [6.45, 7) is 7.54. The Morgan fingerprint density at radius 1 is 1.53 bits per heavy atom. The van der Waals surface area contributed by atoms with Gasteiger partial charge in [0.1, 0.15) is 0 Å². The molecule has 0 unspecified atom stereocenters. The summed E-state index contributed by atoms with van der Waals surface area (Å²) in [4.78, 5) is 13.8. The van der Waals surface area contributed by atoms with Gasteiger partial charge in [-0.05, 0) is 39.0 Å². The van der Waals surface area contributed by atoms with Crippen molar-refractivity contribution in [2.24, 2.45) is 11.3 Å². The van der Waals surface area contributed by atoms with Crippen LogP contribution in [-0.4, -0.2) is 48.3 Å². The van der Waals surface area contributed by atoms with Gasteiger partial charge >= 0.3 is 5.97 Å². The zero-order valence-corrected chi connectivity index (χ0v) is 12.7. The van der Waals surface area contributed by atoms with Gasteiger partial charge in [0.05, 0.1) is 11.5 Å². The first kappa shape index (κ1) is 16.7. The van der Waals surface area contributed by atoms with Gasteiger partial charge in [0.15, 0.2) is 0 Å². The minimum atomic E-state index is -0.578. The van der Waals surface area contributed by atoms with Gasteiger partial charge in [-0.3, -0.25) is 4.79 Å². The molecular formula is C14H26ClNO3. The van der Waals surface area contributed by atoms with E-state index in [1.807, 2.05) is 13.8 Å². The highest BCUT2D eigenvalue weighted by atomic mass is 35.5. The van der Waals surface area contributed by atoms with Crippen LogP contribution >= 0.6 is 12.4 Å². The van der Waals surface area contributed by atoms with Crippen LogP contribution in [0.3, 0.4) is 0 Å². The van der Waals surface area contributed by atoms with Crippen molar-refractivity contribution in [2.45, 2.75) is 45.6 Å². The maximum atomic E-state index is 11.5. The minimum Gasteiger partial charge on any atom is -0.481 e. The topological polar surface area (TPSA) is 49.8 Å². The van der Waals surface area contributed by atoms with Crippen molar-refractivity contribution in [2.75, 3.05) is 26.2 Å². The summed E-state index contributed by atoms with van der Waals surface area (Å²) in [6, 6.07) is 0. The third-order valence-corrected chi connectivity index (χ3v) is 4.44. The summed E-state index contributed by atoms with van der Waals surface area (Å²) >= 11 is 0. The molecule has 1 N–H and O–H groups in total. The molecular weight excluding hydrogens is 266 g/mol. The van der Waals surface area contributed by atoms with Crippen molar-refractivity contribution >= 4 is 18.4 Å². The van der Waals surface area contributed by atoms with Crippen LogP contribution in [0.1, 0.15) is 39.5 Å². The lowest BCUT2D eigenvalue weighted by atomic mass is 9.81. The van der Waals surface area contributed by atoms with Crippen molar-refractivity contribution < 1.29 is 14.6 Å². The smallest absolute Gasteiger partial charge is 0.311 e. The number of hydrogen-bond acceptors (Lipinski definition) is 3. The fraction of sp³-hybridized carbons (Fsp3) is 0.929. The fourth-order valence-electron chi connectivity index (χ4n) is 3.52. The highest BCUT2D eigenvalue weighted by Crippen LogP contribution is 2.48. The Labute approximate surface area is 121 Å². The molecule has 1 saturated carbocycles. The summed E-state index contributed by atoms with van der Waals surface area (Å²) in [6.07, 6.45) is 4.33. The predicted molar refractivity (Wildman–Crippen MR) is 76.8 cm³/mol. The van der Waals surface area contributed by atoms with E-state index < -0.39 is 11.4 Å². The largest absolute Gasteiger partial charge is 0.481 e. The Morgan fingerprint density at radius 2 is 2.26 bits per heavy atom. The standard InChI is InChI=1S/C14H25NO3.ClH/c1-11(2)18-8-4-7-15-9-12-5-3-6-14(12,10-15)13(16)17;/h11-12H,3-10H2,1-2H3,(H,16,17);1H/t12-,14+;/m0./s1. The number of likely N-dealkylation sites (tertiary alicyclic amines) is 1. The molecule has 19 heavy (non-hydrogen) atoms. The molecule has 2 rings (SSSR count). The van der Waals surface area contributed by atoms with Crippen LogP contribution < -0.4 is 0 Å². The van der Waals surface area contributed by atoms with Gasteiger partial charge in [-0.25, -0.2) is 0 Å². The van der Waals surface area contributed by atoms with E-state index in [0.717, 1.165) is 51.9 Å². The van der Waals surface area contributed by atoms with Crippen molar-refractivity contribution in [3.63, 3.8) is 0 Å². The molecule has 0 aromatic carbocycles. The van der Waals surface area contributed by atoms with Crippen LogP contribution in [0.5, 0.6) is 0 Å². The maximum Gasteiger partial charge on any atom is 0.311 e. The predicted octanol–water partition coefficient (Wildman–Crippen LogP) is 2.41. The zero-order chi connectivity index (χ0) is 13.2. The summed E-state index contributed by atoms with van der Waals surface area (Å²) in [5, 5.41) is 9.48. The van der Waals surface area contributed by atoms with E-state index in [1.165, 1.54) is 0 Å². The van der Waals surface area contributed by atoms with E-state index in [4.69, 9.17) is 4.74 Å². The van der Waals surface area contributed by atoms with Crippen LogP contribution in [-0.2, 0) is 9.53 Å². The summed E-state index contributed by atoms with van der Waals surface area (Å²) < 4.78 is 5.53. The van der Waals surface area contributed by atoms with E-state index in [-0.39, 0.29) is 18.5 Å². The monoisotopic (exact) mass is 291 g/mol. The second-order valence-electron chi connectivity index (χ2n) is 6.06. The Morgan fingerprint density at radius 3 is 2.84 bits per heavy atom. The highest BCUT2D eigenvalue weighted by molar-refractivity contribution is 5.85. The Balaban J connectivity index is 0.00000180. The van der Waals surface area contributed by atoms with E-state index in [2.05, 4.69) is 4.90 Å². The van der Waals surface area contributed by atoms with E-state index in [9.17, 15) is 9.90 Å². The molecule has 0 amide bonds. The fourth-order valence-corrected chi connectivity index (χ4v) is 3.52. The number of carbonyl (C=O) groups is 1. The number of nitrogens with zero attached hydrogens (tertiary/aromatic N) is 1. The highest BCUT2D eigenvalue weighted by Gasteiger charge is 2.54. The summed E-state index contributed by atoms with van der Waals surface area (Å²) in [7, 11) is 0. The van der Waals surface area contributed by atoms with Crippen LogP contribution in [0.15, 0.2) is 0 Å². The minimum absolute atomic E-state index is 0. The van der Waals surface area contributed by atoms with E-state index >= 15 is 0 Å². The summed E-state index contributed by atoms with van der Waals surface area (Å²) in [5.41, 5.74) is -0.432. The normalized spacial score (nSPS) is 30.4. The third kappa shape index (κ3) is 3.61.